The second-order valence-corrected chi connectivity index (χ2v) is 4.90. The monoisotopic (exact) mass is 259 g/mol. The van der Waals surface area contributed by atoms with Crippen molar-refractivity contribution in [3.8, 4) is 0 Å². The largest absolute Gasteiger partial charge is 0.332 e. The molecule has 0 bridgehead atoms. The number of amides is 1. The van der Waals surface area contributed by atoms with Crippen molar-refractivity contribution >= 4 is 5.91 Å². The molecule has 100 valence electrons. The van der Waals surface area contributed by atoms with Crippen LogP contribution >= 0.6 is 0 Å². The van der Waals surface area contributed by atoms with Crippen LogP contribution in [-0.4, -0.2) is 43.0 Å². The highest BCUT2D eigenvalue weighted by molar-refractivity contribution is 5.92. The quantitative estimate of drug-likeness (QED) is 0.823. The highest BCUT2D eigenvalue weighted by atomic mass is 16.2. The van der Waals surface area contributed by atoms with Crippen LogP contribution in [0.1, 0.15) is 23.3 Å². The van der Waals surface area contributed by atoms with Gasteiger partial charge in [0, 0.05) is 32.2 Å². The maximum Gasteiger partial charge on any atom is 0.274 e. The first kappa shape index (κ1) is 12.0. The van der Waals surface area contributed by atoms with Gasteiger partial charge in [0.1, 0.15) is 5.69 Å². The average molecular weight is 259 g/mol. The Balaban J connectivity index is 1.74. The summed E-state index contributed by atoms with van der Waals surface area (Å²) in [6.45, 7) is 1.56. The van der Waals surface area contributed by atoms with Gasteiger partial charge in [0.15, 0.2) is 0 Å². The molecule has 1 atom stereocenters. The van der Waals surface area contributed by atoms with Gasteiger partial charge in [0.25, 0.3) is 5.91 Å². The van der Waals surface area contributed by atoms with Crippen LogP contribution in [-0.2, 0) is 13.6 Å². The van der Waals surface area contributed by atoms with Gasteiger partial charge in [-0.3, -0.25) is 14.2 Å². The minimum absolute atomic E-state index is 0.0234. The van der Waals surface area contributed by atoms with Gasteiger partial charge in [-0.2, -0.15) is 10.2 Å². The number of carbonyl (C=O) groups is 1. The van der Waals surface area contributed by atoms with Gasteiger partial charge in [0.05, 0.1) is 12.6 Å². The Kier molecular flexibility index (Phi) is 3.06. The fraction of sp³-hybridized carbons (Fsp3) is 0.462. The number of nitrogens with zero attached hydrogens (tertiary/aromatic N) is 5. The third kappa shape index (κ3) is 2.38. The third-order valence-electron chi connectivity index (χ3n) is 3.53. The third-order valence-corrected chi connectivity index (χ3v) is 3.53. The molecule has 0 radical (unpaired) electrons. The summed E-state index contributed by atoms with van der Waals surface area (Å²) >= 11 is 0. The number of likely N-dealkylation sites (tertiary alicyclic amines) is 1. The van der Waals surface area contributed by atoms with E-state index in [0.29, 0.717) is 5.69 Å². The molecule has 0 aromatic carbocycles. The Bertz CT molecular complexity index is 559. The SMILES string of the molecule is Cn1ccc(C(=O)N2CCCC2Cn2cccn2)n1. The molecule has 6 nitrogen and oxygen atoms in total. The number of aryl methyl sites for hydroxylation is 1. The molecule has 0 saturated carbocycles. The predicted octanol–water partition coefficient (Wildman–Crippen LogP) is 0.921. The molecule has 1 aliphatic heterocycles. The Morgan fingerprint density at radius 2 is 2.37 bits per heavy atom. The number of aromatic nitrogens is 4. The van der Waals surface area contributed by atoms with Crippen LogP contribution in [0, 0.1) is 0 Å². The molecule has 2 aromatic heterocycles. The molecule has 19 heavy (non-hydrogen) atoms. The minimum Gasteiger partial charge on any atom is -0.332 e. The minimum atomic E-state index is 0.0234. The lowest BCUT2D eigenvalue weighted by Gasteiger charge is -2.23. The first-order valence-electron chi connectivity index (χ1n) is 6.52. The van der Waals surface area contributed by atoms with E-state index in [0.717, 1.165) is 25.9 Å². The van der Waals surface area contributed by atoms with E-state index >= 15 is 0 Å². The van der Waals surface area contributed by atoms with Crippen molar-refractivity contribution in [1.29, 1.82) is 0 Å². The summed E-state index contributed by atoms with van der Waals surface area (Å²) in [4.78, 5) is 14.3. The predicted molar refractivity (Wildman–Crippen MR) is 69.5 cm³/mol. The fourth-order valence-electron chi connectivity index (χ4n) is 2.59. The number of hydrogen-bond acceptors (Lipinski definition) is 3. The molecule has 0 spiro atoms. The number of carbonyl (C=O) groups excluding carboxylic acids is 1. The molecule has 3 heterocycles. The summed E-state index contributed by atoms with van der Waals surface area (Å²) in [6.07, 6.45) is 7.57. The summed E-state index contributed by atoms with van der Waals surface area (Å²) in [5.74, 6) is 0.0234. The van der Waals surface area contributed by atoms with Crippen LogP contribution in [0.15, 0.2) is 30.7 Å². The zero-order valence-corrected chi connectivity index (χ0v) is 10.9. The lowest BCUT2D eigenvalue weighted by Crippen LogP contribution is -2.38. The molecule has 6 heteroatoms. The molecule has 2 aromatic rings. The standard InChI is InChI=1S/C13H17N5O/c1-16-9-5-12(15-16)13(19)18-8-2-4-11(18)10-17-7-3-6-14-17/h3,5-7,9,11H,2,4,8,10H2,1H3. The maximum atomic E-state index is 12.4. The summed E-state index contributed by atoms with van der Waals surface area (Å²) in [6, 6.07) is 3.89. The van der Waals surface area contributed by atoms with Crippen LogP contribution in [0.3, 0.4) is 0 Å². The van der Waals surface area contributed by atoms with Gasteiger partial charge in [-0.15, -0.1) is 0 Å². The zero-order valence-electron chi connectivity index (χ0n) is 10.9. The number of hydrogen-bond donors (Lipinski definition) is 0. The lowest BCUT2D eigenvalue weighted by atomic mass is 10.2. The average Bonchev–Trinajstić information content (AvgIpc) is 3.10. The van der Waals surface area contributed by atoms with Gasteiger partial charge in [-0.05, 0) is 25.0 Å². The Labute approximate surface area is 111 Å². The van der Waals surface area contributed by atoms with Gasteiger partial charge < -0.3 is 4.90 Å². The molecule has 1 fully saturated rings. The van der Waals surface area contributed by atoms with Gasteiger partial charge in [-0.25, -0.2) is 0 Å². The summed E-state index contributed by atoms with van der Waals surface area (Å²) in [5.41, 5.74) is 0.523. The van der Waals surface area contributed by atoms with Gasteiger partial charge >= 0.3 is 0 Å². The normalized spacial score (nSPS) is 19.0. The molecule has 1 unspecified atom stereocenters. The molecule has 1 saturated heterocycles. The Morgan fingerprint density at radius 3 is 3.05 bits per heavy atom. The van der Waals surface area contributed by atoms with E-state index < -0.39 is 0 Å². The first-order chi connectivity index (χ1) is 9.24. The van der Waals surface area contributed by atoms with Crippen LogP contribution < -0.4 is 0 Å². The fourth-order valence-corrected chi connectivity index (χ4v) is 2.59. The summed E-state index contributed by atoms with van der Waals surface area (Å²) in [7, 11) is 1.82. The van der Waals surface area contributed by atoms with Gasteiger partial charge in [0.2, 0.25) is 0 Å². The van der Waals surface area contributed by atoms with Crippen molar-refractivity contribution in [3.63, 3.8) is 0 Å². The van der Waals surface area contributed by atoms with Crippen molar-refractivity contribution in [2.75, 3.05) is 6.54 Å². The van der Waals surface area contributed by atoms with Crippen LogP contribution in [0.2, 0.25) is 0 Å². The van der Waals surface area contributed by atoms with Crippen molar-refractivity contribution in [1.82, 2.24) is 24.5 Å². The van der Waals surface area contributed by atoms with E-state index in [2.05, 4.69) is 10.2 Å². The molecule has 0 N–H and O–H groups in total. The highest BCUT2D eigenvalue weighted by Crippen LogP contribution is 2.20. The van der Waals surface area contributed by atoms with E-state index in [-0.39, 0.29) is 11.9 Å². The van der Waals surface area contributed by atoms with E-state index in [4.69, 9.17) is 0 Å². The van der Waals surface area contributed by atoms with Crippen molar-refractivity contribution in [3.05, 3.63) is 36.4 Å². The van der Waals surface area contributed by atoms with E-state index in [1.807, 2.05) is 28.9 Å². The van der Waals surface area contributed by atoms with E-state index in [1.54, 1.807) is 23.1 Å². The Hall–Kier alpha value is -2.11. The van der Waals surface area contributed by atoms with Crippen molar-refractivity contribution in [2.24, 2.45) is 7.05 Å². The second-order valence-electron chi connectivity index (χ2n) is 4.90. The van der Waals surface area contributed by atoms with Crippen LogP contribution in [0.4, 0.5) is 0 Å². The molecule has 1 aliphatic rings. The van der Waals surface area contributed by atoms with Crippen molar-refractivity contribution < 1.29 is 4.79 Å². The first-order valence-corrected chi connectivity index (χ1v) is 6.52. The van der Waals surface area contributed by atoms with Crippen LogP contribution in [0.5, 0.6) is 0 Å². The summed E-state index contributed by atoms with van der Waals surface area (Å²) in [5, 5.41) is 8.40. The van der Waals surface area contributed by atoms with E-state index in [9.17, 15) is 4.79 Å². The molecule has 0 aliphatic carbocycles. The zero-order chi connectivity index (χ0) is 13.2. The Morgan fingerprint density at radius 1 is 1.47 bits per heavy atom. The second kappa shape index (κ2) is 4.87. The topological polar surface area (TPSA) is 56.0 Å². The molecule has 3 rings (SSSR count). The highest BCUT2D eigenvalue weighted by Gasteiger charge is 2.30. The smallest absolute Gasteiger partial charge is 0.274 e. The molecular formula is C13H17N5O. The van der Waals surface area contributed by atoms with Gasteiger partial charge in [-0.1, -0.05) is 0 Å². The molecular weight excluding hydrogens is 242 g/mol. The molecule has 1 amide bonds. The van der Waals surface area contributed by atoms with E-state index in [1.165, 1.54) is 0 Å². The summed E-state index contributed by atoms with van der Waals surface area (Å²) < 4.78 is 3.54. The van der Waals surface area contributed by atoms with Crippen LogP contribution in [0.25, 0.3) is 0 Å². The maximum absolute atomic E-state index is 12.4. The number of rotatable bonds is 3. The van der Waals surface area contributed by atoms with Crippen molar-refractivity contribution in [2.45, 2.75) is 25.4 Å². The lowest BCUT2D eigenvalue weighted by molar-refractivity contribution is 0.0715.